The molecule has 2 N–H and O–H groups in total. The SMILES string of the molecule is CC1(C)CC(OC(=O)c2ccc(-c3cccc4cc(C(=O)OC5CC(C)(C)NC(C)(C)C5)ccc34)cc2)CC(C)(C)N1. The zero-order valence-corrected chi connectivity index (χ0v) is 26.4. The van der Waals surface area contributed by atoms with Gasteiger partial charge in [0.05, 0.1) is 11.1 Å². The second-order valence-electron chi connectivity index (χ2n) is 15.0. The standard InChI is InChI=1S/C36H46N2O4/c1-33(2)19-27(20-34(3,4)37-33)41-31(39)24-14-12-23(13-15-24)29-11-9-10-25-18-26(16-17-30(25)29)32(40)42-28-21-35(5,6)38-36(7,8)22-28/h9-18,27-28,37-38H,19-22H2,1-8H3. The Hall–Kier alpha value is -3.22. The van der Waals surface area contributed by atoms with E-state index in [1.54, 1.807) is 0 Å². The highest BCUT2D eigenvalue weighted by molar-refractivity contribution is 6.01. The number of hydrogen-bond acceptors (Lipinski definition) is 6. The second kappa shape index (κ2) is 10.8. The third-order valence-corrected chi connectivity index (χ3v) is 8.40. The van der Waals surface area contributed by atoms with Crippen LogP contribution in [-0.4, -0.2) is 46.3 Å². The summed E-state index contributed by atoms with van der Waals surface area (Å²) in [6.07, 6.45) is 2.84. The van der Waals surface area contributed by atoms with E-state index < -0.39 is 0 Å². The molecule has 0 aliphatic carbocycles. The van der Waals surface area contributed by atoms with Gasteiger partial charge >= 0.3 is 11.9 Å². The molecule has 2 fully saturated rings. The molecule has 0 amide bonds. The van der Waals surface area contributed by atoms with Crippen LogP contribution in [0.4, 0.5) is 0 Å². The van der Waals surface area contributed by atoms with Crippen LogP contribution >= 0.6 is 0 Å². The van der Waals surface area contributed by atoms with Crippen LogP contribution in [0.3, 0.4) is 0 Å². The van der Waals surface area contributed by atoms with Crippen molar-refractivity contribution in [1.82, 2.24) is 10.6 Å². The van der Waals surface area contributed by atoms with Crippen LogP contribution in [0.5, 0.6) is 0 Å². The molecule has 5 rings (SSSR count). The maximum absolute atomic E-state index is 13.2. The van der Waals surface area contributed by atoms with Gasteiger partial charge in [-0.05, 0) is 102 Å². The molecule has 0 atom stereocenters. The van der Waals surface area contributed by atoms with E-state index >= 15 is 0 Å². The lowest BCUT2D eigenvalue weighted by Crippen LogP contribution is -2.59. The number of carbonyl (C=O) groups is 2. The summed E-state index contributed by atoms with van der Waals surface area (Å²) in [5, 5.41) is 9.26. The molecule has 0 spiro atoms. The molecule has 0 unspecified atom stereocenters. The van der Waals surface area contributed by atoms with Crippen molar-refractivity contribution in [3.63, 3.8) is 0 Å². The summed E-state index contributed by atoms with van der Waals surface area (Å²) in [5.74, 6) is -0.578. The van der Waals surface area contributed by atoms with E-state index in [0.29, 0.717) is 11.1 Å². The average molecular weight is 571 g/mol. The first kappa shape index (κ1) is 30.2. The lowest BCUT2D eigenvalue weighted by Gasteiger charge is -2.45. The Morgan fingerprint density at radius 2 is 1.07 bits per heavy atom. The number of carbonyl (C=O) groups excluding carboxylic acids is 2. The molecule has 0 radical (unpaired) electrons. The molecular formula is C36H46N2O4. The first-order valence-electron chi connectivity index (χ1n) is 15.1. The van der Waals surface area contributed by atoms with Crippen LogP contribution in [0.15, 0.2) is 60.7 Å². The summed E-state index contributed by atoms with van der Waals surface area (Å²) in [4.78, 5) is 26.2. The molecule has 3 aromatic carbocycles. The number of fused-ring (bicyclic) bond motifs is 1. The highest BCUT2D eigenvalue weighted by atomic mass is 16.5. The van der Waals surface area contributed by atoms with Crippen molar-refractivity contribution in [3.8, 4) is 11.1 Å². The summed E-state index contributed by atoms with van der Waals surface area (Å²) >= 11 is 0. The molecule has 6 nitrogen and oxygen atoms in total. The van der Waals surface area contributed by atoms with Crippen LogP contribution in [0.25, 0.3) is 21.9 Å². The van der Waals surface area contributed by atoms with Crippen molar-refractivity contribution in [2.24, 2.45) is 0 Å². The highest BCUT2D eigenvalue weighted by Crippen LogP contribution is 2.34. The van der Waals surface area contributed by atoms with Crippen LogP contribution in [0.1, 0.15) is 102 Å². The Labute approximate surface area is 250 Å². The minimum absolute atomic E-state index is 0.0945. The smallest absolute Gasteiger partial charge is 0.338 e. The van der Waals surface area contributed by atoms with Crippen LogP contribution < -0.4 is 10.6 Å². The van der Waals surface area contributed by atoms with E-state index in [0.717, 1.165) is 47.6 Å². The fourth-order valence-electron chi connectivity index (χ4n) is 7.51. The molecule has 2 saturated heterocycles. The normalized spacial score (nSPS) is 21.5. The van der Waals surface area contributed by atoms with Crippen molar-refractivity contribution in [2.75, 3.05) is 0 Å². The van der Waals surface area contributed by atoms with E-state index in [1.165, 1.54) is 0 Å². The Morgan fingerprint density at radius 1 is 0.619 bits per heavy atom. The van der Waals surface area contributed by atoms with Crippen LogP contribution in [-0.2, 0) is 9.47 Å². The molecule has 224 valence electrons. The Balaban J connectivity index is 1.30. The number of hydrogen-bond donors (Lipinski definition) is 2. The van der Waals surface area contributed by atoms with Gasteiger partial charge in [0.2, 0.25) is 0 Å². The largest absolute Gasteiger partial charge is 0.459 e. The van der Waals surface area contributed by atoms with Gasteiger partial charge in [0, 0.05) is 47.8 Å². The molecule has 6 heteroatoms. The van der Waals surface area contributed by atoms with E-state index in [-0.39, 0.29) is 46.3 Å². The molecule has 0 saturated carbocycles. The van der Waals surface area contributed by atoms with Gasteiger partial charge in [0.25, 0.3) is 0 Å². The first-order chi connectivity index (χ1) is 19.5. The molecule has 2 aliphatic heterocycles. The number of nitrogens with one attached hydrogen (secondary N) is 2. The fourth-order valence-corrected chi connectivity index (χ4v) is 7.51. The van der Waals surface area contributed by atoms with E-state index in [1.807, 2.05) is 54.6 Å². The maximum atomic E-state index is 13.2. The van der Waals surface area contributed by atoms with Crippen LogP contribution in [0, 0.1) is 0 Å². The van der Waals surface area contributed by atoms with Crippen molar-refractivity contribution in [2.45, 2.75) is 115 Å². The number of esters is 2. The number of rotatable bonds is 5. The average Bonchev–Trinajstić information content (AvgIpc) is 2.84. The van der Waals surface area contributed by atoms with Crippen molar-refractivity contribution < 1.29 is 19.1 Å². The van der Waals surface area contributed by atoms with Crippen molar-refractivity contribution >= 4 is 22.7 Å². The van der Waals surface area contributed by atoms with Gasteiger partial charge in [0.15, 0.2) is 0 Å². The van der Waals surface area contributed by atoms with E-state index in [2.05, 4.69) is 72.1 Å². The minimum Gasteiger partial charge on any atom is -0.459 e. The third kappa shape index (κ3) is 7.04. The summed E-state index contributed by atoms with van der Waals surface area (Å²) in [6, 6.07) is 19.4. The molecule has 2 heterocycles. The minimum atomic E-state index is -0.290. The van der Waals surface area contributed by atoms with Gasteiger partial charge in [-0.1, -0.05) is 36.4 Å². The predicted octanol–water partition coefficient (Wildman–Crippen LogP) is 7.44. The third-order valence-electron chi connectivity index (χ3n) is 8.40. The molecular weight excluding hydrogens is 524 g/mol. The van der Waals surface area contributed by atoms with Gasteiger partial charge < -0.3 is 20.1 Å². The predicted molar refractivity (Wildman–Crippen MR) is 169 cm³/mol. The zero-order chi connectivity index (χ0) is 30.5. The quantitative estimate of drug-likeness (QED) is 0.311. The second-order valence-corrected chi connectivity index (χ2v) is 15.0. The lowest BCUT2D eigenvalue weighted by atomic mass is 9.81. The van der Waals surface area contributed by atoms with Gasteiger partial charge in [-0.25, -0.2) is 9.59 Å². The summed E-state index contributed by atoms with van der Waals surface area (Å²) in [5.41, 5.74) is 2.74. The molecule has 2 aliphatic rings. The Bertz CT molecular complexity index is 1450. The van der Waals surface area contributed by atoms with Gasteiger partial charge in [-0.2, -0.15) is 0 Å². The zero-order valence-electron chi connectivity index (χ0n) is 26.4. The topological polar surface area (TPSA) is 76.7 Å². The number of piperidine rings is 2. The van der Waals surface area contributed by atoms with Crippen LogP contribution in [0.2, 0.25) is 0 Å². The number of ether oxygens (including phenoxy) is 2. The summed E-state index contributed by atoms with van der Waals surface area (Å²) < 4.78 is 11.9. The fraction of sp³-hybridized carbons (Fsp3) is 0.500. The highest BCUT2D eigenvalue weighted by Gasteiger charge is 2.40. The monoisotopic (exact) mass is 570 g/mol. The summed E-state index contributed by atoms with van der Waals surface area (Å²) in [6.45, 7) is 17.2. The molecule has 42 heavy (non-hydrogen) atoms. The van der Waals surface area contributed by atoms with Crippen molar-refractivity contribution in [1.29, 1.82) is 0 Å². The molecule has 0 bridgehead atoms. The van der Waals surface area contributed by atoms with E-state index in [9.17, 15) is 9.59 Å². The van der Waals surface area contributed by atoms with Crippen molar-refractivity contribution in [3.05, 3.63) is 71.8 Å². The Morgan fingerprint density at radius 3 is 1.57 bits per heavy atom. The van der Waals surface area contributed by atoms with Gasteiger partial charge in [0.1, 0.15) is 12.2 Å². The number of benzene rings is 3. The van der Waals surface area contributed by atoms with Gasteiger partial charge in [-0.3, -0.25) is 0 Å². The first-order valence-corrected chi connectivity index (χ1v) is 15.1. The lowest BCUT2D eigenvalue weighted by molar-refractivity contribution is -0.00765. The van der Waals surface area contributed by atoms with E-state index in [4.69, 9.17) is 9.47 Å². The molecule has 3 aromatic rings. The maximum Gasteiger partial charge on any atom is 0.338 e. The summed E-state index contributed by atoms with van der Waals surface area (Å²) in [7, 11) is 0. The Kier molecular flexibility index (Phi) is 7.78. The van der Waals surface area contributed by atoms with Gasteiger partial charge in [-0.15, -0.1) is 0 Å². The molecule has 0 aromatic heterocycles.